The first-order valence-electron chi connectivity index (χ1n) is 8.28. The van der Waals surface area contributed by atoms with Gasteiger partial charge < -0.3 is 10.2 Å². The molecule has 3 heterocycles. The number of anilines is 1. The molecule has 152 valence electrons. The second-order valence-corrected chi connectivity index (χ2v) is 8.48. The Bertz CT molecular complexity index is 963. The Morgan fingerprint density at radius 2 is 2.25 bits per heavy atom. The third-order valence-electron chi connectivity index (χ3n) is 4.18. The Balaban J connectivity index is 2.04. The Morgan fingerprint density at radius 1 is 1.54 bits per heavy atom. The van der Waals surface area contributed by atoms with E-state index in [1.54, 1.807) is 13.8 Å². The molecule has 28 heavy (non-hydrogen) atoms. The fraction of sp³-hybridized carbons (Fsp3) is 0.571. The lowest BCUT2D eigenvalue weighted by molar-refractivity contribution is -0.118. The fourth-order valence-electron chi connectivity index (χ4n) is 2.74. The lowest BCUT2D eigenvalue weighted by atomic mass is 10.1. The molecule has 0 aliphatic carbocycles. The molecule has 1 saturated heterocycles. The second-order valence-electron chi connectivity index (χ2n) is 6.43. The van der Waals surface area contributed by atoms with Crippen LogP contribution < -0.4 is 10.9 Å². The molecule has 1 aliphatic rings. The Labute approximate surface area is 163 Å². The minimum absolute atomic E-state index is 0.0165. The van der Waals surface area contributed by atoms with Crippen LogP contribution in [0.25, 0.3) is 11.2 Å². The number of aromatic nitrogens is 4. The van der Waals surface area contributed by atoms with E-state index in [1.165, 1.54) is 10.9 Å². The van der Waals surface area contributed by atoms with Crippen molar-refractivity contribution in [3.63, 3.8) is 0 Å². The number of amides is 1. The molecule has 14 heteroatoms. The first kappa shape index (κ1) is 20.8. The van der Waals surface area contributed by atoms with Crippen LogP contribution in [0.4, 0.5) is 5.95 Å². The number of carbonyl (C=O) groups excluding carboxylic acids is 1. The number of fused-ring (bicyclic) bond motifs is 1. The topological polar surface area (TPSA) is 180 Å². The predicted molar refractivity (Wildman–Crippen MR) is 99.8 cm³/mol. The number of aliphatic hydroxyl groups is 2. The molecule has 1 amide bonds. The van der Waals surface area contributed by atoms with Crippen LogP contribution in [0, 0.1) is 5.92 Å². The summed E-state index contributed by atoms with van der Waals surface area (Å²) < 4.78 is 17.5. The van der Waals surface area contributed by atoms with Gasteiger partial charge in [0.1, 0.15) is 11.5 Å². The van der Waals surface area contributed by atoms with Gasteiger partial charge in [0, 0.05) is 10.5 Å². The number of nitrogens with zero attached hydrogens (tertiary/aromatic N) is 3. The van der Waals surface area contributed by atoms with Crippen molar-refractivity contribution in [2.75, 3.05) is 11.9 Å². The number of imidazole rings is 1. The highest BCUT2D eigenvalue weighted by atomic mass is 32.2. The number of H-pyrrole nitrogens is 1. The summed E-state index contributed by atoms with van der Waals surface area (Å²) in [4.78, 5) is 43.9. The molecule has 5 atom stereocenters. The normalized spacial score (nSPS) is 25.4. The molecule has 1 fully saturated rings. The largest absolute Gasteiger partial charge is 0.695 e. The maximum absolute atomic E-state index is 12.3. The minimum atomic E-state index is -3.02. The van der Waals surface area contributed by atoms with Crippen molar-refractivity contribution in [1.82, 2.24) is 19.5 Å². The summed E-state index contributed by atoms with van der Waals surface area (Å²) >= 11 is 1.09. The Hall–Kier alpha value is -1.89. The van der Waals surface area contributed by atoms with Crippen molar-refractivity contribution in [1.29, 1.82) is 0 Å². The van der Waals surface area contributed by atoms with Gasteiger partial charge in [0.05, 0.1) is 18.2 Å². The van der Waals surface area contributed by atoms with E-state index in [-0.39, 0.29) is 35.5 Å². The van der Waals surface area contributed by atoms with E-state index in [2.05, 4.69) is 20.3 Å². The highest BCUT2D eigenvalue weighted by molar-refractivity contribution is 8.00. The van der Waals surface area contributed by atoms with E-state index in [0.29, 0.717) is 0 Å². The first-order chi connectivity index (χ1) is 13.2. The molecule has 2 aromatic rings. The van der Waals surface area contributed by atoms with E-state index in [0.717, 1.165) is 11.8 Å². The van der Waals surface area contributed by atoms with Crippen molar-refractivity contribution in [3.05, 3.63) is 16.7 Å². The highest BCUT2D eigenvalue weighted by Crippen LogP contribution is 2.46. The quantitative estimate of drug-likeness (QED) is 0.381. The molecule has 3 rings (SSSR count). The van der Waals surface area contributed by atoms with Gasteiger partial charge in [-0.25, -0.2) is 4.98 Å². The first-order valence-corrected chi connectivity index (χ1v) is 10.3. The van der Waals surface area contributed by atoms with E-state index in [1.807, 2.05) is 0 Å². The summed E-state index contributed by atoms with van der Waals surface area (Å²) in [6.45, 7) is 2.97. The van der Waals surface area contributed by atoms with Crippen LogP contribution >= 0.6 is 20.0 Å². The number of nitrogens with one attached hydrogen (secondary N) is 2. The van der Waals surface area contributed by atoms with Gasteiger partial charge >= 0.3 is 8.25 Å². The van der Waals surface area contributed by atoms with Crippen molar-refractivity contribution in [3.8, 4) is 0 Å². The summed E-state index contributed by atoms with van der Waals surface area (Å²) in [5, 5.41) is 20.8. The maximum Gasteiger partial charge on any atom is 0.695 e. The summed E-state index contributed by atoms with van der Waals surface area (Å²) in [6, 6.07) is 0. The number of carbonyl (C=O) groups is 1. The number of rotatable bonds is 6. The summed E-state index contributed by atoms with van der Waals surface area (Å²) in [6.07, 6.45) is -1.10. The molecule has 2 aromatic heterocycles. The van der Waals surface area contributed by atoms with E-state index >= 15 is 0 Å². The van der Waals surface area contributed by atoms with Crippen LogP contribution in [0.1, 0.15) is 19.2 Å². The molecule has 1 aliphatic heterocycles. The highest BCUT2D eigenvalue weighted by Gasteiger charge is 2.49. The molecule has 0 spiro atoms. The van der Waals surface area contributed by atoms with Gasteiger partial charge in [0.15, 0.2) is 17.3 Å². The average molecular weight is 432 g/mol. The van der Waals surface area contributed by atoms with Crippen LogP contribution in [-0.2, 0) is 13.9 Å². The van der Waals surface area contributed by atoms with E-state index in [4.69, 9.17) is 9.42 Å². The van der Waals surface area contributed by atoms with Gasteiger partial charge in [0.2, 0.25) is 11.9 Å². The zero-order chi connectivity index (χ0) is 20.6. The van der Waals surface area contributed by atoms with Gasteiger partial charge in [-0.15, -0.1) is 21.2 Å². The molecular weight excluding hydrogens is 413 g/mol. The van der Waals surface area contributed by atoms with Gasteiger partial charge in [-0.2, -0.15) is 4.98 Å². The number of aliphatic hydroxyl groups excluding tert-OH is 2. The van der Waals surface area contributed by atoms with Crippen LogP contribution in [-0.4, -0.2) is 64.6 Å². The average Bonchev–Trinajstić information content (AvgIpc) is 3.16. The number of hydrogen-bond donors (Lipinski definition) is 5. The van der Waals surface area contributed by atoms with Crippen molar-refractivity contribution >= 4 is 43.0 Å². The van der Waals surface area contributed by atoms with Gasteiger partial charge in [-0.3, -0.25) is 24.5 Å². The van der Waals surface area contributed by atoms with Crippen molar-refractivity contribution in [2.45, 2.75) is 36.7 Å². The zero-order valence-corrected chi connectivity index (χ0v) is 16.6. The number of hydrogen-bond acceptors (Lipinski definition) is 9. The zero-order valence-electron chi connectivity index (χ0n) is 14.8. The molecule has 0 bridgehead atoms. The Morgan fingerprint density at radius 3 is 2.86 bits per heavy atom. The van der Waals surface area contributed by atoms with Crippen molar-refractivity contribution < 1.29 is 29.0 Å². The van der Waals surface area contributed by atoms with Crippen LogP contribution in [0.15, 0.2) is 11.1 Å². The molecule has 0 aromatic carbocycles. The van der Waals surface area contributed by atoms with E-state index < -0.39 is 36.6 Å². The molecule has 12 nitrogen and oxygen atoms in total. The van der Waals surface area contributed by atoms with Crippen LogP contribution in [0.5, 0.6) is 0 Å². The second kappa shape index (κ2) is 8.23. The third-order valence-corrected chi connectivity index (χ3v) is 6.15. The number of thioether (sulfide) groups is 1. The lowest BCUT2D eigenvalue weighted by Gasteiger charge is -2.17. The number of aromatic amines is 1. The summed E-state index contributed by atoms with van der Waals surface area (Å²) in [5.41, 5.74) is -0.513. The molecular formula is C14H19N5O7PS+. The smallest absolute Gasteiger partial charge is 0.395 e. The van der Waals surface area contributed by atoms with Gasteiger partial charge in [0.25, 0.3) is 5.56 Å². The van der Waals surface area contributed by atoms with Gasteiger partial charge in [-0.05, 0) is 0 Å². The summed E-state index contributed by atoms with van der Waals surface area (Å²) in [7, 11) is -3.02. The SMILES string of the molecule is CC(C)C(=O)Nc1nc2c(ncn2[C@@H]2S[C@H](CO)[C@@H](O)[C@H]2O[P+](=O)O)c(=O)[nH]1. The minimum Gasteiger partial charge on any atom is -0.395 e. The van der Waals surface area contributed by atoms with Gasteiger partial charge in [-0.1, -0.05) is 13.8 Å². The predicted octanol–water partition coefficient (Wildman–Crippen LogP) is -0.284. The van der Waals surface area contributed by atoms with Crippen LogP contribution in [0.3, 0.4) is 0 Å². The lowest BCUT2D eigenvalue weighted by Crippen LogP contribution is -2.34. The monoisotopic (exact) mass is 432 g/mol. The van der Waals surface area contributed by atoms with Crippen molar-refractivity contribution in [2.24, 2.45) is 5.92 Å². The molecule has 5 N–H and O–H groups in total. The maximum atomic E-state index is 12.3. The molecule has 1 unspecified atom stereocenters. The molecule has 0 radical (unpaired) electrons. The standard InChI is InChI=1S/C14H18N5O7PS/c1-5(2)11(22)17-14-16-10-7(12(23)18-14)15-4-19(10)13-9(26-27(24)25)8(21)6(3-20)28-13/h4-6,8-9,13,20-21H,3H2,1-2H3,(H2-,16,17,18,22,23,24,25)/p+1/t6-,8-,9-,13-/m1/s1. The Kier molecular flexibility index (Phi) is 6.12. The van der Waals surface area contributed by atoms with Crippen LogP contribution in [0.2, 0.25) is 0 Å². The third kappa shape index (κ3) is 3.95. The fourth-order valence-corrected chi connectivity index (χ4v) is 4.69. The summed E-state index contributed by atoms with van der Waals surface area (Å²) in [5.74, 6) is -0.764. The van der Waals surface area contributed by atoms with E-state index in [9.17, 15) is 24.4 Å². The molecule has 0 saturated carbocycles.